The van der Waals surface area contributed by atoms with Crippen LogP contribution in [0.2, 0.25) is 0 Å². The van der Waals surface area contributed by atoms with Gasteiger partial charge in [-0.1, -0.05) is 0 Å². The first-order valence-electron chi connectivity index (χ1n) is 4.82. The van der Waals surface area contributed by atoms with Gasteiger partial charge in [0.15, 0.2) is 0 Å². The first kappa shape index (κ1) is 9.61. The van der Waals surface area contributed by atoms with Crippen molar-refractivity contribution in [3.05, 3.63) is 0 Å². The first-order chi connectivity index (χ1) is 6.69. The fraction of sp³-hybridized carbons (Fsp3) is 0.778. The number of carbonyl (C=O) groups is 2. The number of carbonyl (C=O) groups excluding carboxylic acids is 2. The second-order valence-corrected chi connectivity index (χ2v) is 3.88. The molecule has 1 N–H and O–H groups in total. The Morgan fingerprint density at radius 3 is 2.50 bits per heavy atom. The van der Waals surface area contributed by atoms with Gasteiger partial charge in [0.1, 0.15) is 0 Å². The Balaban J connectivity index is 2.21. The fourth-order valence-electron chi connectivity index (χ4n) is 2.25. The number of piperidine rings is 1. The molecule has 0 atom stereocenters. The quantitative estimate of drug-likeness (QED) is 0.586. The molecule has 0 unspecified atom stereocenters. The van der Waals surface area contributed by atoms with Crippen LogP contribution in [-0.2, 0) is 14.4 Å². The second-order valence-electron chi connectivity index (χ2n) is 3.88. The lowest BCUT2D eigenvalue weighted by molar-refractivity contribution is -0.182. The van der Waals surface area contributed by atoms with Gasteiger partial charge in [0.2, 0.25) is 0 Å². The second kappa shape index (κ2) is 3.33. The van der Waals surface area contributed by atoms with Crippen LogP contribution in [0.15, 0.2) is 0 Å². The zero-order valence-electron chi connectivity index (χ0n) is 8.21. The normalized spacial score (nSPS) is 26.2. The van der Waals surface area contributed by atoms with Gasteiger partial charge in [-0.05, 0) is 25.9 Å². The minimum Gasteiger partial charge on any atom is -0.317 e. The van der Waals surface area contributed by atoms with Crippen LogP contribution in [0.3, 0.4) is 0 Å². The standard InChI is InChI=1S/C9H14N2O3/c1-14-11-7(12)6-9(8(11)13)2-4-10-5-3-9/h10H,2-6H2,1H3. The van der Waals surface area contributed by atoms with Gasteiger partial charge in [-0.3, -0.25) is 14.4 Å². The van der Waals surface area contributed by atoms with Gasteiger partial charge < -0.3 is 5.32 Å². The van der Waals surface area contributed by atoms with E-state index in [4.69, 9.17) is 4.84 Å². The third-order valence-corrected chi connectivity index (χ3v) is 3.10. The summed E-state index contributed by atoms with van der Waals surface area (Å²) in [5.74, 6) is -0.370. The van der Waals surface area contributed by atoms with E-state index >= 15 is 0 Å². The Morgan fingerprint density at radius 1 is 1.36 bits per heavy atom. The van der Waals surface area contributed by atoms with E-state index in [1.165, 1.54) is 7.11 Å². The van der Waals surface area contributed by atoms with Crippen molar-refractivity contribution in [2.45, 2.75) is 19.3 Å². The smallest absolute Gasteiger partial charge is 0.260 e. The maximum atomic E-state index is 11.9. The Morgan fingerprint density at radius 2 is 2.00 bits per heavy atom. The van der Waals surface area contributed by atoms with Crippen LogP contribution in [-0.4, -0.2) is 37.1 Å². The highest BCUT2D eigenvalue weighted by molar-refractivity contribution is 6.04. The van der Waals surface area contributed by atoms with Gasteiger partial charge in [0, 0.05) is 6.42 Å². The van der Waals surface area contributed by atoms with Crippen LogP contribution in [0.1, 0.15) is 19.3 Å². The highest BCUT2D eigenvalue weighted by Gasteiger charge is 2.52. The van der Waals surface area contributed by atoms with E-state index in [1.54, 1.807) is 0 Å². The van der Waals surface area contributed by atoms with Gasteiger partial charge in [-0.2, -0.15) is 5.06 Å². The van der Waals surface area contributed by atoms with Crippen molar-refractivity contribution in [3.63, 3.8) is 0 Å². The van der Waals surface area contributed by atoms with Gasteiger partial charge in [0.05, 0.1) is 12.5 Å². The molecule has 0 aliphatic carbocycles. The summed E-state index contributed by atoms with van der Waals surface area (Å²) in [6, 6.07) is 0. The number of imide groups is 1. The number of rotatable bonds is 1. The number of hydrogen-bond acceptors (Lipinski definition) is 4. The molecule has 2 aliphatic heterocycles. The van der Waals surface area contributed by atoms with Crippen LogP contribution in [0.25, 0.3) is 0 Å². The number of nitrogens with one attached hydrogen (secondary N) is 1. The van der Waals surface area contributed by atoms with Crippen molar-refractivity contribution >= 4 is 11.8 Å². The lowest BCUT2D eigenvalue weighted by atomic mass is 9.77. The number of nitrogens with zero attached hydrogens (tertiary/aromatic N) is 1. The Kier molecular flexibility index (Phi) is 2.28. The maximum absolute atomic E-state index is 11.9. The topological polar surface area (TPSA) is 58.6 Å². The van der Waals surface area contributed by atoms with E-state index in [1.807, 2.05) is 0 Å². The summed E-state index contributed by atoms with van der Waals surface area (Å²) in [7, 11) is 1.36. The third-order valence-electron chi connectivity index (χ3n) is 3.10. The fourth-order valence-corrected chi connectivity index (χ4v) is 2.25. The molecule has 1 spiro atoms. The molecular formula is C9H14N2O3. The zero-order valence-corrected chi connectivity index (χ0v) is 8.21. The van der Waals surface area contributed by atoms with Crippen molar-refractivity contribution in [1.29, 1.82) is 0 Å². The van der Waals surface area contributed by atoms with Crippen molar-refractivity contribution in [1.82, 2.24) is 10.4 Å². The van der Waals surface area contributed by atoms with E-state index in [-0.39, 0.29) is 11.8 Å². The highest BCUT2D eigenvalue weighted by atomic mass is 16.7. The summed E-state index contributed by atoms with van der Waals surface area (Å²) < 4.78 is 0. The molecule has 0 aromatic heterocycles. The zero-order chi connectivity index (χ0) is 10.2. The summed E-state index contributed by atoms with van der Waals surface area (Å²) in [5.41, 5.74) is -0.474. The van der Waals surface area contributed by atoms with Crippen molar-refractivity contribution in [2.24, 2.45) is 5.41 Å². The molecule has 2 rings (SSSR count). The van der Waals surface area contributed by atoms with Crippen LogP contribution in [0.5, 0.6) is 0 Å². The molecule has 2 fully saturated rings. The van der Waals surface area contributed by atoms with E-state index in [9.17, 15) is 9.59 Å². The summed E-state index contributed by atoms with van der Waals surface area (Å²) in [6.45, 7) is 1.60. The lowest BCUT2D eigenvalue weighted by Gasteiger charge is -2.30. The summed E-state index contributed by atoms with van der Waals surface area (Å²) >= 11 is 0. The van der Waals surface area contributed by atoms with Crippen LogP contribution >= 0.6 is 0 Å². The molecule has 78 valence electrons. The maximum Gasteiger partial charge on any atom is 0.260 e. The van der Waals surface area contributed by atoms with Crippen molar-refractivity contribution in [3.8, 4) is 0 Å². The summed E-state index contributed by atoms with van der Waals surface area (Å²) in [5, 5.41) is 4.09. The molecule has 2 aliphatic rings. The Bertz CT molecular complexity index is 271. The molecule has 0 bridgehead atoms. The molecule has 0 saturated carbocycles. The predicted octanol–water partition coefficient (Wildman–Crippen LogP) is -0.324. The van der Waals surface area contributed by atoms with Crippen LogP contribution in [0.4, 0.5) is 0 Å². The molecule has 2 saturated heterocycles. The van der Waals surface area contributed by atoms with E-state index in [0.29, 0.717) is 6.42 Å². The molecule has 0 aromatic carbocycles. The molecular weight excluding hydrogens is 184 g/mol. The van der Waals surface area contributed by atoms with Gasteiger partial charge in [-0.25, -0.2) is 0 Å². The third kappa shape index (κ3) is 1.24. The molecule has 2 heterocycles. The average molecular weight is 198 g/mol. The number of amides is 2. The lowest BCUT2D eigenvalue weighted by Crippen LogP contribution is -2.42. The molecule has 5 nitrogen and oxygen atoms in total. The minimum absolute atomic E-state index is 0.161. The van der Waals surface area contributed by atoms with Crippen LogP contribution in [0, 0.1) is 5.41 Å². The van der Waals surface area contributed by atoms with E-state index < -0.39 is 5.41 Å². The summed E-state index contributed by atoms with van der Waals surface area (Å²) in [6.07, 6.45) is 1.77. The van der Waals surface area contributed by atoms with Crippen LogP contribution < -0.4 is 5.32 Å². The number of hydrogen-bond donors (Lipinski definition) is 1. The predicted molar refractivity (Wildman–Crippen MR) is 48.0 cm³/mol. The SMILES string of the molecule is CON1C(=O)CC2(CCNCC2)C1=O. The Labute approximate surface area is 82.3 Å². The van der Waals surface area contributed by atoms with Gasteiger partial charge >= 0.3 is 0 Å². The van der Waals surface area contributed by atoms with E-state index in [0.717, 1.165) is 31.0 Å². The van der Waals surface area contributed by atoms with Crippen molar-refractivity contribution in [2.75, 3.05) is 20.2 Å². The molecule has 5 heteroatoms. The summed E-state index contributed by atoms with van der Waals surface area (Å²) in [4.78, 5) is 28.1. The molecule has 0 radical (unpaired) electrons. The molecule has 2 amide bonds. The van der Waals surface area contributed by atoms with E-state index in [2.05, 4.69) is 5.32 Å². The first-order valence-corrected chi connectivity index (χ1v) is 4.82. The van der Waals surface area contributed by atoms with Gasteiger partial charge in [-0.15, -0.1) is 0 Å². The largest absolute Gasteiger partial charge is 0.317 e. The highest BCUT2D eigenvalue weighted by Crippen LogP contribution is 2.40. The molecule has 0 aromatic rings. The number of hydroxylamine groups is 2. The average Bonchev–Trinajstić information content (AvgIpc) is 2.40. The minimum atomic E-state index is -0.474. The molecule has 14 heavy (non-hydrogen) atoms. The Hall–Kier alpha value is -0.940. The monoisotopic (exact) mass is 198 g/mol. The van der Waals surface area contributed by atoms with Crippen molar-refractivity contribution < 1.29 is 14.4 Å². The van der Waals surface area contributed by atoms with Gasteiger partial charge in [0.25, 0.3) is 11.8 Å².